The molecule has 2 aliphatic rings. The van der Waals surface area contributed by atoms with Gasteiger partial charge in [-0.05, 0) is 45.7 Å². The molecule has 192 valence electrons. The molecule has 1 fully saturated rings. The summed E-state index contributed by atoms with van der Waals surface area (Å²) in [5.41, 5.74) is -0.566. The van der Waals surface area contributed by atoms with Crippen molar-refractivity contribution >= 4 is 20.4 Å². The fourth-order valence-corrected chi connectivity index (χ4v) is 5.24. The number of carbonyl (C=O) groups is 2. The maximum absolute atomic E-state index is 12.4. The lowest BCUT2D eigenvalue weighted by Crippen LogP contribution is -2.44. The van der Waals surface area contributed by atoms with E-state index in [0.717, 1.165) is 6.42 Å². The first-order valence-electron chi connectivity index (χ1n) is 11.9. The van der Waals surface area contributed by atoms with Crippen LogP contribution in [0, 0.1) is 5.92 Å². The number of rotatable bonds is 11. The highest BCUT2D eigenvalue weighted by molar-refractivity contribution is 7.45. The minimum atomic E-state index is -1.68. The maximum Gasteiger partial charge on any atom is 0.323 e. The average molecular weight is 506 g/mol. The van der Waals surface area contributed by atoms with Crippen LogP contribution >= 0.6 is 8.53 Å². The zero-order valence-corrected chi connectivity index (χ0v) is 21.9. The van der Waals surface area contributed by atoms with E-state index in [9.17, 15) is 9.59 Å². The van der Waals surface area contributed by atoms with Gasteiger partial charge in [-0.15, -0.1) is 0 Å². The first-order valence-corrected chi connectivity index (χ1v) is 13.1. The zero-order chi connectivity index (χ0) is 25.6. The SMILES string of the molecule is C=C1NC(=O)C=CN1C1O[C@](CC)(COP(NC(C)C(=O)OC(C)C)Oc2ccccc2)CC1C. The summed E-state index contributed by atoms with van der Waals surface area (Å²) >= 11 is 0. The molecule has 0 saturated carbocycles. The first kappa shape index (κ1) is 27.1. The normalized spacial score (nSPS) is 25.9. The van der Waals surface area contributed by atoms with E-state index in [-0.39, 0.29) is 36.7 Å². The minimum Gasteiger partial charge on any atom is -0.462 e. The molecule has 1 saturated heterocycles. The molecule has 2 heterocycles. The van der Waals surface area contributed by atoms with Crippen LogP contribution in [0.5, 0.6) is 5.75 Å². The molecule has 10 heteroatoms. The molecule has 0 aliphatic carbocycles. The molecular weight excluding hydrogens is 469 g/mol. The number of para-hydroxylation sites is 1. The summed E-state index contributed by atoms with van der Waals surface area (Å²) in [5, 5.41) is 5.86. The summed E-state index contributed by atoms with van der Waals surface area (Å²) < 4.78 is 24.2. The molecule has 0 radical (unpaired) electrons. The quantitative estimate of drug-likeness (QED) is 0.341. The summed E-state index contributed by atoms with van der Waals surface area (Å²) in [6, 6.07) is 8.69. The van der Waals surface area contributed by atoms with Crippen LogP contribution in [0.25, 0.3) is 0 Å². The number of nitrogens with zero attached hydrogens (tertiary/aromatic N) is 1. The monoisotopic (exact) mass is 505 g/mol. The van der Waals surface area contributed by atoms with Gasteiger partial charge in [-0.1, -0.05) is 38.6 Å². The topological polar surface area (TPSA) is 98.4 Å². The zero-order valence-electron chi connectivity index (χ0n) is 21.0. The van der Waals surface area contributed by atoms with Crippen LogP contribution in [0.2, 0.25) is 0 Å². The van der Waals surface area contributed by atoms with Crippen LogP contribution in [0.4, 0.5) is 0 Å². The molecular formula is C25H36N3O6P. The molecule has 2 aliphatic heterocycles. The number of ether oxygens (including phenoxy) is 2. The predicted octanol–water partition coefficient (Wildman–Crippen LogP) is 4.19. The van der Waals surface area contributed by atoms with E-state index in [1.165, 1.54) is 6.08 Å². The number of hydrogen-bond acceptors (Lipinski definition) is 8. The molecule has 0 bridgehead atoms. The third kappa shape index (κ3) is 7.27. The lowest BCUT2D eigenvalue weighted by molar-refractivity contribution is -0.149. The van der Waals surface area contributed by atoms with Crippen molar-refractivity contribution < 1.29 is 28.1 Å². The van der Waals surface area contributed by atoms with Crippen molar-refractivity contribution in [2.24, 2.45) is 5.92 Å². The van der Waals surface area contributed by atoms with E-state index in [0.29, 0.717) is 18.0 Å². The van der Waals surface area contributed by atoms with Gasteiger partial charge in [-0.3, -0.25) is 9.59 Å². The molecule has 3 rings (SSSR count). The summed E-state index contributed by atoms with van der Waals surface area (Å²) in [7, 11) is -1.68. The Morgan fingerprint density at radius 3 is 2.69 bits per heavy atom. The molecule has 1 aromatic carbocycles. The standard InChI is InChI=1S/C25H36N3O6P/c1-7-25(15-18(4)23(33-25)28-14-13-22(29)26-20(28)6)16-31-35(34-21-11-9-8-10-12-21)27-19(5)24(30)32-17(2)3/h8-14,17-19,23,27H,6-7,15-16H2,1-5H3,(H,26,29)/t18?,19?,23?,25-,35?/m0/s1. The molecule has 0 spiro atoms. The van der Waals surface area contributed by atoms with Gasteiger partial charge in [0.15, 0.2) is 0 Å². The van der Waals surface area contributed by atoms with E-state index in [2.05, 4.69) is 30.8 Å². The van der Waals surface area contributed by atoms with Crippen molar-refractivity contribution in [3.05, 3.63) is 55.0 Å². The molecule has 1 amide bonds. The largest absolute Gasteiger partial charge is 0.462 e. The number of nitrogens with one attached hydrogen (secondary N) is 2. The van der Waals surface area contributed by atoms with Crippen LogP contribution in [0.3, 0.4) is 0 Å². The van der Waals surface area contributed by atoms with Crippen LogP contribution in [-0.2, 0) is 23.6 Å². The van der Waals surface area contributed by atoms with Crippen molar-refractivity contribution in [3.63, 3.8) is 0 Å². The fraction of sp³-hybridized carbons (Fsp3) is 0.520. The van der Waals surface area contributed by atoms with Gasteiger partial charge < -0.3 is 28.7 Å². The minimum absolute atomic E-state index is 0.157. The van der Waals surface area contributed by atoms with Gasteiger partial charge in [0.05, 0.1) is 18.3 Å². The number of amides is 1. The Hall–Kier alpha value is -2.45. The smallest absolute Gasteiger partial charge is 0.323 e. The highest BCUT2D eigenvalue weighted by atomic mass is 31.2. The molecule has 1 aromatic rings. The van der Waals surface area contributed by atoms with Crippen molar-refractivity contribution in [2.75, 3.05) is 6.61 Å². The van der Waals surface area contributed by atoms with Gasteiger partial charge in [0.25, 0.3) is 5.91 Å². The fourth-order valence-electron chi connectivity index (χ4n) is 3.97. The number of benzene rings is 1. The maximum atomic E-state index is 12.4. The number of carbonyl (C=O) groups excluding carboxylic acids is 2. The Balaban J connectivity index is 1.70. The molecule has 2 N–H and O–H groups in total. The summed E-state index contributed by atoms with van der Waals surface area (Å²) in [4.78, 5) is 25.8. The van der Waals surface area contributed by atoms with Crippen molar-refractivity contribution in [1.29, 1.82) is 0 Å². The average Bonchev–Trinajstić information content (AvgIpc) is 3.14. The summed E-state index contributed by atoms with van der Waals surface area (Å²) in [5.74, 6) is 0.688. The first-order chi connectivity index (χ1) is 16.6. The van der Waals surface area contributed by atoms with Gasteiger partial charge in [-0.2, -0.15) is 0 Å². The Morgan fingerprint density at radius 2 is 2.06 bits per heavy atom. The molecule has 35 heavy (non-hydrogen) atoms. The summed E-state index contributed by atoms with van der Waals surface area (Å²) in [6.45, 7) is 13.7. The van der Waals surface area contributed by atoms with Crippen LogP contribution < -0.4 is 14.9 Å². The van der Waals surface area contributed by atoms with Gasteiger partial charge >= 0.3 is 14.5 Å². The van der Waals surface area contributed by atoms with Crippen LogP contribution in [-0.4, -0.2) is 47.4 Å². The summed E-state index contributed by atoms with van der Waals surface area (Å²) in [6.07, 6.45) is 4.11. The Labute approximate surface area is 208 Å². The van der Waals surface area contributed by atoms with Gasteiger partial charge in [0.2, 0.25) is 0 Å². The Bertz CT molecular complexity index is 927. The molecule has 5 atom stereocenters. The molecule has 0 aromatic heterocycles. The Morgan fingerprint density at radius 1 is 1.34 bits per heavy atom. The van der Waals surface area contributed by atoms with Crippen LogP contribution in [0.15, 0.2) is 55.0 Å². The van der Waals surface area contributed by atoms with Gasteiger partial charge in [0, 0.05) is 18.2 Å². The van der Waals surface area contributed by atoms with Crippen molar-refractivity contribution in [2.45, 2.75) is 71.4 Å². The number of hydrogen-bond donors (Lipinski definition) is 2. The van der Waals surface area contributed by atoms with Crippen molar-refractivity contribution in [3.8, 4) is 5.75 Å². The van der Waals surface area contributed by atoms with Crippen LogP contribution in [0.1, 0.15) is 47.5 Å². The third-order valence-corrected chi connectivity index (χ3v) is 7.15. The second kappa shape index (κ2) is 12.0. The third-order valence-electron chi connectivity index (χ3n) is 5.82. The lowest BCUT2D eigenvalue weighted by atomic mass is 9.92. The highest BCUT2D eigenvalue weighted by Gasteiger charge is 2.47. The van der Waals surface area contributed by atoms with E-state index >= 15 is 0 Å². The Kier molecular flexibility index (Phi) is 9.30. The van der Waals surface area contributed by atoms with Crippen molar-refractivity contribution in [1.82, 2.24) is 15.3 Å². The van der Waals surface area contributed by atoms with E-state index < -0.39 is 20.2 Å². The van der Waals surface area contributed by atoms with E-state index in [1.807, 2.05) is 49.1 Å². The van der Waals surface area contributed by atoms with E-state index in [1.54, 1.807) is 13.1 Å². The molecule has 4 unspecified atom stereocenters. The molecule has 9 nitrogen and oxygen atoms in total. The van der Waals surface area contributed by atoms with E-state index in [4.69, 9.17) is 18.5 Å². The highest BCUT2D eigenvalue weighted by Crippen LogP contribution is 2.44. The van der Waals surface area contributed by atoms with Gasteiger partial charge in [0.1, 0.15) is 23.8 Å². The second-order valence-corrected chi connectivity index (χ2v) is 10.4. The number of esters is 1. The predicted molar refractivity (Wildman–Crippen MR) is 134 cm³/mol. The van der Waals surface area contributed by atoms with Gasteiger partial charge in [-0.25, -0.2) is 5.09 Å². The second-order valence-electron chi connectivity index (χ2n) is 9.16. The lowest BCUT2D eigenvalue weighted by Gasteiger charge is -2.35.